The lowest BCUT2D eigenvalue weighted by Gasteiger charge is -2.33. The molecule has 10 nitrogen and oxygen atoms in total. The molecule has 222 valence electrons. The fourth-order valence-electron chi connectivity index (χ4n) is 6.06. The molecule has 1 aliphatic carbocycles. The van der Waals surface area contributed by atoms with Crippen molar-refractivity contribution in [2.45, 2.75) is 56.3 Å². The van der Waals surface area contributed by atoms with Crippen LogP contribution in [0.25, 0.3) is 0 Å². The Morgan fingerprint density at radius 3 is 2.61 bits per heavy atom. The first-order valence-corrected chi connectivity index (χ1v) is 15.5. The van der Waals surface area contributed by atoms with Gasteiger partial charge in [0.15, 0.2) is 0 Å². The van der Waals surface area contributed by atoms with Crippen LogP contribution in [0, 0.1) is 0 Å². The normalized spacial score (nSPS) is 25.1. The van der Waals surface area contributed by atoms with Crippen LogP contribution in [0.4, 0.5) is 0 Å². The lowest BCUT2D eigenvalue weighted by Crippen LogP contribution is -2.50. The van der Waals surface area contributed by atoms with Crippen molar-refractivity contribution in [1.82, 2.24) is 20.0 Å². The van der Waals surface area contributed by atoms with Crippen molar-refractivity contribution in [3.05, 3.63) is 52.2 Å². The second kappa shape index (κ2) is 13.8. The zero-order valence-corrected chi connectivity index (χ0v) is 24.5. The van der Waals surface area contributed by atoms with Crippen molar-refractivity contribution in [3.63, 3.8) is 0 Å². The van der Waals surface area contributed by atoms with Gasteiger partial charge in [-0.25, -0.2) is 0 Å². The van der Waals surface area contributed by atoms with Crippen LogP contribution in [0.15, 0.2) is 41.8 Å². The highest BCUT2D eigenvalue weighted by Gasteiger charge is 2.44. The van der Waals surface area contributed by atoms with Gasteiger partial charge < -0.3 is 30.3 Å². The summed E-state index contributed by atoms with van der Waals surface area (Å²) in [5, 5.41) is 5.10. The molecule has 3 heterocycles. The van der Waals surface area contributed by atoms with Crippen molar-refractivity contribution < 1.29 is 23.9 Å². The SMILES string of the molecule is COc1cccc(C(=O)N2CC(N(CCN3CCOCC3)C(=O)c3cccs3)CC2C(=O)NC2CCC(N)CC2)c1. The topological polar surface area (TPSA) is 117 Å². The molecule has 2 aliphatic heterocycles. The molecule has 0 spiro atoms. The smallest absolute Gasteiger partial charge is 0.264 e. The Hall–Kier alpha value is -2.99. The van der Waals surface area contributed by atoms with Gasteiger partial charge in [0, 0.05) is 50.4 Å². The monoisotopic (exact) mass is 583 g/mol. The summed E-state index contributed by atoms with van der Waals surface area (Å²) in [6.07, 6.45) is 3.78. The van der Waals surface area contributed by atoms with E-state index in [1.807, 2.05) is 22.4 Å². The number of carbonyl (C=O) groups excluding carboxylic acids is 3. The number of nitrogens with zero attached hydrogens (tertiary/aromatic N) is 3. The van der Waals surface area contributed by atoms with E-state index in [9.17, 15) is 14.4 Å². The van der Waals surface area contributed by atoms with Crippen LogP contribution in [0.1, 0.15) is 52.1 Å². The van der Waals surface area contributed by atoms with E-state index in [4.69, 9.17) is 15.2 Å². The molecule has 2 saturated heterocycles. The Morgan fingerprint density at radius 2 is 1.90 bits per heavy atom. The minimum Gasteiger partial charge on any atom is -0.497 e. The van der Waals surface area contributed by atoms with Gasteiger partial charge in [-0.3, -0.25) is 19.3 Å². The largest absolute Gasteiger partial charge is 0.497 e. The third-order valence-corrected chi connectivity index (χ3v) is 9.33. The second-order valence-electron chi connectivity index (χ2n) is 11.1. The lowest BCUT2D eigenvalue weighted by molar-refractivity contribution is -0.125. The first-order valence-electron chi connectivity index (χ1n) is 14.6. The van der Waals surface area contributed by atoms with E-state index in [0.717, 1.165) is 38.8 Å². The fourth-order valence-corrected chi connectivity index (χ4v) is 6.74. The molecule has 3 N–H and O–H groups in total. The summed E-state index contributed by atoms with van der Waals surface area (Å²) in [5.41, 5.74) is 6.53. The number of nitrogens with one attached hydrogen (secondary N) is 1. The Morgan fingerprint density at radius 1 is 1.12 bits per heavy atom. The predicted octanol–water partition coefficient (Wildman–Crippen LogP) is 2.20. The Kier molecular flexibility index (Phi) is 9.92. The summed E-state index contributed by atoms with van der Waals surface area (Å²) in [6, 6.07) is 9.94. The Labute approximate surface area is 245 Å². The molecule has 5 rings (SSSR count). The third kappa shape index (κ3) is 7.27. The standard InChI is InChI=1S/C30H41N5O5S/c1-39-25-5-2-4-21(18-25)29(37)35-20-24(19-26(35)28(36)32-23-9-7-22(31)8-10-23)34(30(38)27-6-3-17-41-27)12-11-33-13-15-40-16-14-33/h2-6,17-18,22-24,26H,7-16,19-20,31H2,1H3,(H,32,36). The maximum atomic E-state index is 13.9. The van der Waals surface area contributed by atoms with Gasteiger partial charge in [-0.1, -0.05) is 12.1 Å². The Balaban J connectivity index is 1.38. The van der Waals surface area contributed by atoms with Crippen LogP contribution in [0.2, 0.25) is 0 Å². The number of hydrogen-bond acceptors (Lipinski definition) is 8. The molecule has 1 aromatic heterocycles. The highest BCUT2D eigenvalue weighted by atomic mass is 32.1. The average Bonchev–Trinajstić information content (AvgIpc) is 3.70. The van der Waals surface area contributed by atoms with Gasteiger partial charge in [-0.2, -0.15) is 0 Å². The zero-order valence-electron chi connectivity index (χ0n) is 23.7. The minimum absolute atomic E-state index is 0.0419. The molecule has 1 saturated carbocycles. The summed E-state index contributed by atoms with van der Waals surface area (Å²) in [4.78, 5) is 47.9. The molecule has 0 bridgehead atoms. The van der Waals surface area contributed by atoms with Crippen molar-refractivity contribution in [1.29, 1.82) is 0 Å². The number of thiophene rings is 1. The van der Waals surface area contributed by atoms with Gasteiger partial charge >= 0.3 is 0 Å². The van der Waals surface area contributed by atoms with E-state index in [2.05, 4.69) is 10.2 Å². The minimum atomic E-state index is -0.684. The van der Waals surface area contributed by atoms with Crippen LogP contribution in [0.5, 0.6) is 5.75 Å². The first kappa shape index (κ1) is 29.5. The zero-order chi connectivity index (χ0) is 28.8. The van der Waals surface area contributed by atoms with E-state index >= 15 is 0 Å². The predicted molar refractivity (Wildman–Crippen MR) is 157 cm³/mol. The molecule has 1 aromatic carbocycles. The number of carbonyl (C=O) groups is 3. The van der Waals surface area contributed by atoms with E-state index in [1.165, 1.54) is 11.3 Å². The van der Waals surface area contributed by atoms with Gasteiger partial charge in [0.05, 0.1) is 31.2 Å². The van der Waals surface area contributed by atoms with Crippen LogP contribution in [-0.4, -0.2) is 110 Å². The summed E-state index contributed by atoms with van der Waals surface area (Å²) >= 11 is 1.41. The first-order chi connectivity index (χ1) is 19.9. The highest BCUT2D eigenvalue weighted by molar-refractivity contribution is 7.12. The third-order valence-electron chi connectivity index (χ3n) is 8.47. The molecule has 0 radical (unpaired) electrons. The van der Waals surface area contributed by atoms with Gasteiger partial charge in [0.2, 0.25) is 5.91 Å². The quantitative estimate of drug-likeness (QED) is 0.465. The van der Waals surface area contributed by atoms with E-state index in [1.54, 1.807) is 36.3 Å². The van der Waals surface area contributed by atoms with Crippen molar-refractivity contribution in [2.75, 3.05) is 53.0 Å². The number of ether oxygens (including phenoxy) is 2. The number of methoxy groups -OCH3 is 1. The second-order valence-corrected chi connectivity index (χ2v) is 12.1. The molecule has 3 amide bonds. The van der Waals surface area contributed by atoms with E-state index in [0.29, 0.717) is 48.9 Å². The molecule has 2 atom stereocenters. The van der Waals surface area contributed by atoms with Gasteiger partial charge in [0.25, 0.3) is 11.8 Å². The average molecular weight is 584 g/mol. The van der Waals surface area contributed by atoms with Gasteiger partial charge in [-0.05, 0) is 61.7 Å². The highest BCUT2D eigenvalue weighted by Crippen LogP contribution is 2.28. The molecular formula is C30H41N5O5S. The van der Waals surface area contributed by atoms with E-state index in [-0.39, 0.29) is 42.4 Å². The lowest BCUT2D eigenvalue weighted by atomic mass is 9.91. The van der Waals surface area contributed by atoms with Crippen LogP contribution in [0.3, 0.4) is 0 Å². The molecule has 3 aliphatic rings. The van der Waals surface area contributed by atoms with Gasteiger partial charge in [-0.15, -0.1) is 11.3 Å². The maximum absolute atomic E-state index is 13.9. The molecule has 2 unspecified atom stereocenters. The van der Waals surface area contributed by atoms with Crippen LogP contribution < -0.4 is 15.8 Å². The summed E-state index contributed by atoms with van der Waals surface area (Å²) in [7, 11) is 1.56. The van der Waals surface area contributed by atoms with Crippen LogP contribution in [-0.2, 0) is 9.53 Å². The van der Waals surface area contributed by atoms with Crippen molar-refractivity contribution >= 4 is 29.1 Å². The number of likely N-dealkylation sites (tertiary alicyclic amines) is 1. The number of nitrogens with two attached hydrogens (primary N) is 1. The Bertz CT molecular complexity index is 1180. The molecule has 11 heteroatoms. The molecular weight excluding hydrogens is 542 g/mol. The summed E-state index contributed by atoms with van der Waals surface area (Å²) in [6.45, 7) is 4.50. The number of rotatable bonds is 9. The number of morpholine rings is 1. The molecule has 3 fully saturated rings. The van der Waals surface area contributed by atoms with E-state index < -0.39 is 6.04 Å². The van der Waals surface area contributed by atoms with Crippen molar-refractivity contribution in [3.8, 4) is 5.75 Å². The van der Waals surface area contributed by atoms with Gasteiger partial charge in [0.1, 0.15) is 11.8 Å². The molecule has 41 heavy (non-hydrogen) atoms. The number of hydrogen-bond donors (Lipinski definition) is 2. The fraction of sp³-hybridized carbons (Fsp3) is 0.567. The van der Waals surface area contributed by atoms with Crippen LogP contribution >= 0.6 is 11.3 Å². The number of amides is 3. The summed E-state index contributed by atoms with van der Waals surface area (Å²) < 4.78 is 10.8. The summed E-state index contributed by atoms with van der Waals surface area (Å²) in [5.74, 6) is 0.107. The molecule has 2 aromatic rings. The maximum Gasteiger partial charge on any atom is 0.264 e. The number of benzene rings is 1. The van der Waals surface area contributed by atoms with Crippen molar-refractivity contribution in [2.24, 2.45) is 5.73 Å².